The molecule has 224 valence electrons. The standard InChI is InChI=1S/C27H39N7O7/c28-18(7-5-13-31-27(29)30)25(39)34-21(14-16-15-32-19-8-2-1-6-17(16)19)22(35)10-4-3-9-20(26(40)41)33-23(36)11-12-24(37)38/h1-2,6,8,15,18,20-21,32H,3-5,7,9-14,28H2,(H,33,36)(H,34,39)(H,37,38)(H,40,41)(H4,29,30,31)/t18-,20+,21+/m0/s1. The lowest BCUT2D eigenvalue weighted by Crippen LogP contribution is -2.49. The number of guanidine groups is 1. The van der Waals surface area contributed by atoms with Gasteiger partial charge in [0.1, 0.15) is 6.04 Å². The van der Waals surface area contributed by atoms with Crippen LogP contribution in [0.3, 0.4) is 0 Å². The Hall–Kier alpha value is -4.46. The van der Waals surface area contributed by atoms with Gasteiger partial charge in [0.2, 0.25) is 11.8 Å². The van der Waals surface area contributed by atoms with Gasteiger partial charge >= 0.3 is 11.9 Å². The molecule has 2 rings (SSSR count). The number of nitrogens with zero attached hydrogens (tertiary/aromatic N) is 1. The molecule has 0 bridgehead atoms. The van der Waals surface area contributed by atoms with Gasteiger partial charge in [0, 0.05) is 42.9 Å². The summed E-state index contributed by atoms with van der Waals surface area (Å²) >= 11 is 0. The number of aromatic nitrogens is 1. The van der Waals surface area contributed by atoms with Gasteiger partial charge in [-0.25, -0.2) is 4.79 Å². The van der Waals surface area contributed by atoms with Gasteiger partial charge in [-0.3, -0.25) is 24.2 Å². The van der Waals surface area contributed by atoms with E-state index in [2.05, 4.69) is 20.6 Å². The summed E-state index contributed by atoms with van der Waals surface area (Å²) in [5.41, 5.74) is 18.4. The van der Waals surface area contributed by atoms with Crippen molar-refractivity contribution in [2.75, 3.05) is 6.54 Å². The summed E-state index contributed by atoms with van der Waals surface area (Å²) < 4.78 is 0. The van der Waals surface area contributed by atoms with E-state index in [-0.39, 0.29) is 37.4 Å². The average molecular weight is 574 g/mol. The number of fused-ring (bicyclic) bond motifs is 1. The maximum atomic E-state index is 13.3. The maximum absolute atomic E-state index is 13.3. The summed E-state index contributed by atoms with van der Waals surface area (Å²) in [6.45, 7) is 0.318. The zero-order valence-corrected chi connectivity index (χ0v) is 22.8. The number of benzene rings is 1. The predicted octanol–water partition coefficient (Wildman–Crippen LogP) is 0.140. The minimum absolute atomic E-state index is 0.0531. The molecule has 1 aromatic heterocycles. The molecule has 14 nitrogen and oxygen atoms in total. The van der Waals surface area contributed by atoms with Crippen LogP contribution in [-0.2, 0) is 30.4 Å². The Labute approximate surface area is 237 Å². The third-order valence-electron chi connectivity index (χ3n) is 6.47. The van der Waals surface area contributed by atoms with Crippen LogP contribution in [-0.4, -0.2) is 75.4 Å². The molecule has 0 saturated heterocycles. The SMILES string of the molecule is NC(N)=NCCC[C@H](N)C(=O)N[C@H](Cc1c[nH]c2ccccc12)C(=O)CCCC[C@@H](NC(=O)CCC(=O)O)C(=O)O. The Kier molecular flexibility index (Phi) is 13.3. The number of hydrogen-bond donors (Lipinski definition) is 8. The summed E-state index contributed by atoms with van der Waals surface area (Å²) in [6.07, 6.45) is 2.81. The van der Waals surface area contributed by atoms with Crippen LogP contribution in [0.5, 0.6) is 0 Å². The fourth-order valence-electron chi connectivity index (χ4n) is 4.26. The number of rotatable bonds is 19. The first-order chi connectivity index (χ1) is 19.5. The van der Waals surface area contributed by atoms with Crippen LogP contribution in [0, 0.1) is 0 Å². The normalized spacial score (nSPS) is 13.1. The molecule has 1 aromatic carbocycles. The number of nitrogens with two attached hydrogens (primary N) is 3. The molecular formula is C27H39N7O7. The third kappa shape index (κ3) is 11.7. The second-order valence-electron chi connectivity index (χ2n) is 9.74. The lowest BCUT2D eigenvalue weighted by molar-refractivity contribution is -0.142. The van der Waals surface area contributed by atoms with E-state index >= 15 is 0 Å². The zero-order valence-electron chi connectivity index (χ0n) is 22.8. The quantitative estimate of drug-likeness (QED) is 0.0640. The monoisotopic (exact) mass is 573 g/mol. The number of carbonyl (C=O) groups is 5. The second-order valence-corrected chi connectivity index (χ2v) is 9.74. The molecule has 1 heterocycles. The van der Waals surface area contributed by atoms with Crippen LogP contribution in [0.4, 0.5) is 0 Å². The molecule has 0 radical (unpaired) electrons. The van der Waals surface area contributed by atoms with Gasteiger partial charge in [-0.05, 0) is 37.3 Å². The number of aliphatic carboxylic acids is 2. The second kappa shape index (κ2) is 16.6. The fraction of sp³-hybridized carbons (Fsp3) is 0.481. The van der Waals surface area contributed by atoms with Crippen molar-refractivity contribution in [2.45, 2.75) is 75.9 Å². The number of ketones is 1. The predicted molar refractivity (Wildman–Crippen MR) is 152 cm³/mol. The zero-order chi connectivity index (χ0) is 30.4. The number of carbonyl (C=O) groups excluding carboxylic acids is 3. The molecule has 0 aliphatic heterocycles. The van der Waals surface area contributed by atoms with Crippen molar-refractivity contribution < 1.29 is 34.2 Å². The van der Waals surface area contributed by atoms with E-state index in [0.29, 0.717) is 32.2 Å². The van der Waals surface area contributed by atoms with Crippen molar-refractivity contribution in [3.05, 3.63) is 36.0 Å². The molecule has 0 unspecified atom stereocenters. The van der Waals surface area contributed by atoms with E-state index < -0.39 is 48.3 Å². The number of Topliss-reactive ketones (excluding diaryl/α,β-unsaturated/α-hetero) is 1. The Morgan fingerprint density at radius 3 is 2.32 bits per heavy atom. The van der Waals surface area contributed by atoms with Gasteiger partial charge in [-0.1, -0.05) is 24.6 Å². The van der Waals surface area contributed by atoms with Gasteiger partial charge < -0.3 is 43.0 Å². The smallest absolute Gasteiger partial charge is 0.326 e. The number of carboxylic acid groups (broad SMARTS) is 2. The molecule has 0 fully saturated rings. The van der Waals surface area contributed by atoms with E-state index in [1.54, 1.807) is 6.20 Å². The highest BCUT2D eigenvalue weighted by Gasteiger charge is 2.25. The first kappa shape index (κ1) is 32.8. The van der Waals surface area contributed by atoms with Gasteiger partial charge in [0.25, 0.3) is 0 Å². The minimum atomic E-state index is -1.25. The molecule has 2 amide bonds. The Balaban J connectivity index is 2.00. The highest BCUT2D eigenvalue weighted by molar-refractivity contribution is 5.92. The lowest BCUT2D eigenvalue weighted by Gasteiger charge is -2.20. The summed E-state index contributed by atoms with van der Waals surface area (Å²) in [5, 5.41) is 24.1. The molecule has 0 spiro atoms. The van der Waals surface area contributed by atoms with Gasteiger partial charge in [-0.15, -0.1) is 0 Å². The van der Waals surface area contributed by atoms with Crippen molar-refractivity contribution in [3.63, 3.8) is 0 Å². The van der Waals surface area contributed by atoms with Crippen molar-refractivity contribution in [3.8, 4) is 0 Å². The van der Waals surface area contributed by atoms with Crippen LogP contribution in [0.15, 0.2) is 35.5 Å². The first-order valence-electron chi connectivity index (χ1n) is 13.4. The highest BCUT2D eigenvalue weighted by Crippen LogP contribution is 2.20. The van der Waals surface area contributed by atoms with Crippen LogP contribution >= 0.6 is 0 Å². The average Bonchev–Trinajstić information content (AvgIpc) is 3.33. The van der Waals surface area contributed by atoms with Crippen LogP contribution in [0.25, 0.3) is 10.9 Å². The molecule has 3 atom stereocenters. The Morgan fingerprint density at radius 2 is 1.63 bits per heavy atom. The van der Waals surface area contributed by atoms with Gasteiger partial charge in [-0.2, -0.15) is 0 Å². The van der Waals surface area contributed by atoms with Gasteiger partial charge in [0.15, 0.2) is 11.7 Å². The maximum Gasteiger partial charge on any atom is 0.326 e. The molecule has 41 heavy (non-hydrogen) atoms. The molecule has 2 aromatic rings. The summed E-state index contributed by atoms with van der Waals surface area (Å²) in [4.78, 5) is 67.1. The van der Waals surface area contributed by atoms with Crippen molar-refractivity contribution in [1.29, 1.82) is 0 Å². The fourth-order valence-corrected chi connectivity index (χ4v) is 4.26. The lowest BCUT2D eigenvalue weighted by atomic mass is 9.97. The van der Waals surface area contributed by atoms with Crippen LogP contribution < -0.4 is 27.8 Å². The Bertz CT molecular complexity index is 1240. The largest absolute Gasteiger partial charge is 0.481 e. The molecule has 14 heteroatoms. The number of H-pyrrole nitrogens is 1. The van der Waals surface area contributed by atoms with Crippen molar-refractivity contribution in [1.82, 2.24) is 15.6 Å². The van der Waals surface area contributed by atoms with Crippen molar-refractivity contribution in [2.24, 2.45) is 22.2 Å². The molecular weight excluding hydrogens is 534 g/mol. The molecule has 0 saturated carbocycles. The number of aromatic amines is 1. The number of aliphatic imine (C=N–C) groups is 1. The summed E-state index contributed by atoms with van der Waals surface area (Å²) in [7, 11) is 0. The number of amides is 2. The molecule has 11 N–H and O–H groups in total. The third-order valence-corrected chi connectivity index (χ3v) is 6.47. The minimum Gasteiger partial charge on any atom is -0.481 e. The van der Waals surface area contributed by atoms with Crippen molar-refractivity contribution >= 4 is 46.4 Å². The molecule has 0 aliphatic carbocycles. The molecule has 0 aliphatic rings. The Morgan fingerprint density at radius 1 is 0.902 bits per heavy atom. The first-order valence-corrected chi connectivity index (χ1v) is 13.4. The van der Waals surface area contributed by atoms with E-state index in [1.807, 2.05) is 24.3 Å². The number of carboxylic acids is 2. The van der Waals surface area contributed by atoms with E-state index in [1.165, 1.54) is 0 Å². The van der Waals surface area contributed by atoms with E-state index in [0.717, 1.165) is 16.5 Å². The topological polar surface area (TPSA) is 256 Å². The highest BCUT2D eigenvalue weighted by atomic mass is 16.4. The van der Waals surface area contributed by atoms with Crippen LogP contribution in [0.2, 0.25) is 0 Å². The van der Waals surface area contributed by atoms with E-state index in [4.69, 9.17) is 22.3 Å². The number of hydrogen-bond acceptors (Lipinski definition) is 7. The number of nitrogens with one attached hydrogen (secondary N) is 3. The summed E-state index contributed by atoms with van der Waals surface area (Å²) in [6, 6.07) is 4.63. The van der Waals surface area contributed by atoms with Gasteiger partial charge in [0.05, 0.1) is 18.5 Å². The number of unbranched alkanes of at least 4 members (excludes halogenated alkanes) is 1. The van der Waals surface area contributed by atoms with E-state index in [9.17, 15) is 29.1 Å². The number of para-hydroxylation sites is 1. The van der Waals surface area contributed by atoms with Crippen LogP contribution in [0.1, 0.15) is 56.9 Å². The summed E-state index contributed by atoms with van der Waals surface area (Å²) in [5.74, 6) is -3.86.